The highest BCUT2D eigenvalue weighted by Crippen LogP contribution is 2.41. The average molecular weight is 394 g/mol. The molecule has 150 valence electrons. The lowest BCUT2D eigenvalue weighted by Crippen LogP contribution is -2.46. The minimum Gasteiger partial charge on any atom is -0.346 e. The monoisotopic (exact) mass is 394 g/mol. The maximum absolute atomic E-state index is 12.6. The average Bonchev–Trinajstić information content (AvgIpc) is 3.05. The summed E-state index contributed by atoms with van der Waals surface area (Å²) >= 11 is 0. The zero-order valence-electron chi connectivity index (χ0n) is 16.5. The van der Waals surface area contributed by atoms with Crippen molar-refractivity contribution in [2.45, 2.75) is 45.6 Å². The number of H-pyrrole nitrogens is 1. The van der Waals surface area contributed by atoms with Gasteiger partial charge in [0.1, 0.15) is 11.2 Å². The van der Waals surface area contributed by atoms with Gasteiger partial charge in [0.2, 0.25) is 5.91 Å². The molecule has 9 nitrogen and oxygen atoms in total. The van der Waals surface area contributed by atoms with Crippen molar-refractivity contribution in [3.05, 3.63) is 46.4 Å². The first kappa shape index (κ1) is 19.0. The van der Waals surface area contributed by atoms with Gasteiger partial charge in [0.05, 0.1) is 24.1 Å². The molecule has 29 heavy (non-hydrogen) atoms. The lowest BCUT2D eigenvalue weighted by atomic mass is 9.72. The number of carbonyl (C=O) groups excluding carboxylic acids is 2. The number of nitrogens with zero attached hydrogens (tertiary/aromatic N) is 4. The number of hydrogen-bond acceptors (Lipinski definition) is 6. The Morgan fingerprint density at radius 3 is 2.76 bits per heavy atom. The van der Waals surface area contributed by atoms with Gasteiger partial charge in [-0.2, -0.15) is 5.10 Å². The van der Waals surface area contributed by atoms with E-state index in [1.54, 1.807) is 24.0 Å². The third kappa shape index (κ3) is 3.32. The quantitative estimate of drug-likeness (QED) is 0.674. The van der Waals surface area contributed by atoms with E-state index in [0.717, 1.165) is 17.7 Å². The van der Waals surface area contributed by atoms with Crippen molar-refractivity contribution in [3.8, 4) is 5.69 Å². The highest BCUT2D eigenvalue weighted by molar-refractivity contribution is 5.88. The molecule has 0 saturated heterocycles. The van der Waals surface area contributed by atoms with Crippen LogP contribution in [0.3, 0.4) is 0 Å². The van der Waals surface area contributed by atoms with Crippen LogP contribution in [-0.2, 0) is 9.59 Å². The Balaban J connectivity index is 1.69. The topological polar surface area (TPSA) is 123 Å². The van der Waals surface area contributed by atoms with Gasteiger partial charge in [-0.05, 0) is 45.2 Å². The van der Waals surface area contributed by atoms with Gasteiger partial charge in [0, 0.05) is 18.0 Å². The van der Waals surface area contributed by atoms with Crippen LogP contribution in [0.4, 0.5) is 0 Å². The number of Topliss-reactive ketones (excluding diaryl/α,β-unsaturated/α-hetero) is 1. The number of ketones is 1. The summed E-state index contributed by atoms with van der Waals surface area (Å²) < 4.78 is 1.60. The van der Waals surface area contributed by atoms with E-state index in [0.29, 0.717) is 23.3 Å². The van der Waals surface area contributed by atoms with Crippen LogP contribution in [0.5, 0.6) is 0 Å². The molecule has 4 rings (SSSR count). The number of amides is 1. The highest BCUT2D eigenvalue weighted by Gasteiger charge is 2.40. The van der Waals surface area contributed by atoms with Crippen LogP contribution in [-0.4, -0.2) is 42.5 Å². The van der Waals surface area contributed by atoms with Crippen molar-refractivity contribution in [1.29, 1.82) is 0 Å². The fourth-order valence-electron chi connectivity index (χ4n) is 3.53. The summed E-state index contributed by atoms with van der Waals surface area (Å²) in [4.78, 5) is 48.2. The molecule has 0 spiro atoms. The van der Waals surface area contributed by atoms with Crippen LogP contribution < -0.4 is 10.9 Å². The molecule has 0 bridgehead atoms. The number of aromatic nitrogens is 5. The predicted octanol–water partition coefficient (Wildman–Crippen LogP) is 1.40. The van der Waals surface area contributed by atoms with Crippen molar-refractivity contribution >= 4 is 22.7 Å². The molecule has 3 aromatic heterocycles. The van der Waals surface area contributed by atoms with E-state index in [2.05, 4.69) is 25.4 Å². The van der Waals surface area contributed by atoms with Crippen molar-refractivity contribution < 1.29 is 9.59 Å². The second kappa shape index (κ2) is 7.23. The van der Waals surface area contributed by atoms with Crippen LogP contribution in [0.15, 0.2) is 29.5 Å². The van der Waals surface area contributed by atoms with Crippen molar-refractivity contribution in [1.82, 2.24) is 30.0 Å². The summed E-state index contributed by atoms with van der Waals surface area (Å²) in [6.45, 7) is 5.04. The van der Waals surface area contributed by atoms with E-state index in [4.69, 9.17) is 0 Å². The zero-order valence-corrected chi connectivity index (χ0v) is 16.5. The van der Waals surface area contributed by atoms with E-state index < -0.39 is 6.04 Å². The maximum Gasteiger partial charge on any atom is 0.262 e. The zero-order chi connectivity index (χ0) is 20.7. The standard InChI is InChI=1S/C20H22N6O3/c1-10-6-7-21-9-16(10)26-18-15(8-22-26)20(29)25-17(24-18)13-4-5-14(13)19(28)23-11(2)12(3)27/h6-9,11,13-14H,4-5H2,1-3H3,(H,23,28)(H,24,25,29). The lowest BCUT2D eigenvalue weighted by molar-refractivity contribution is -0.132. The Labute approximate surface area is 166 Å². The molecular formula is C20H22N6O3. The summed E-state index contributed by atoms with van der Waals surface area (Å²) in [7, 11) is 0. The van der Waals surface area contributed by atoms with Crippen LogP contribution >= 0.6 is 0 Å². The largest absolute Gasteiger partial charge is 0.346 e. The molecule has 0 radical (unpaired) electrons. The molecule has 1 saturated carbocycles. The molecule has 3 unspecified atom stereocenters. The first-order valence-corrected chi connectivity index (χ1v) is 9.56. The van der Waals surface area contributed by atoms with E-state index in [9.17, 15) is 14.4 Å². The minimum absolute atomic E-state index is 0.0992. The molecule has 0 aliphatic heterocycles. The third-order valence-electron chi connectivity index (χ3n) is 5.63. The molecule has 1 fully saturated rings. The van der Waals surface area contributed by atoms with Crippen LogP contribution in [0.1, 0.15) is 44.0 Å². The number of fused-ring (bicyclic) bond motifs is 1. The smallest absolute Gasteiger partial charge is 0.262 e. The Morgan fingerprint density at radius 2 is 2.10 bits per heavy atom. The molecule has 3 aromatic rings. The Kier molecular flexibility index (Phi) is 4.73. The van der Waals surface area contributed by atoms with Crippen molar-refractivity contribution in [3.63, 3.8) is 0 Å². The molecule has 2 N–H and O–H groups in total. The first-order valence-electron chi connectivity index (χ1n) is 9.56. The van der Waals surface area contributed by atoms with E-state index in [1.165, 1.54) is 13.1 Å². The molecule has 0 aromatic carbocycles. The van der Waals surface area contributed by atoms with E-state index in [-0.39, 0.29) is 29.1 Å². The summed E-state index contributed by atoms with van der Waals surface area (Å²) in [5, 5.41) is 7.44. The first-order chi connectivity index (χ1) is 13.9. The molecule has 1 aliphatic carbocycles. The number of hydrogen-bond donors (Lipinski definition) is 2. The van der Waals surface area contributed by atoms with Gasteiger partial charge in [-0.1, -0.05) is 0 Å². The Hall–Kier alpha value is -3.36. The van der Waals surface area contributed by atoms with Crippen LogP contribution in [0, 0.1) is 12.8 Å². The summed E-state index contributed by atoms with van der Waals surface area (Å²) in [5.41, 5.74) is 1.83. The van der Waals surface area contributed by atoms with Gasteiger partial charge < -0.3 is 10.3 Å². The molecule has 1 amide bonds. The van der Waals surface area contributed by atoms with Gasteiger partial charge in [0.25, 0.3) is 5.56 Å². The van der Waals surface area contributed by atoms with Gasteiger partial charge in [-0.15, -0.1) is 0 Å². The van der Waals surface area contributed by atoms with Crippen molar-refractivity contribution in [2.24, 2.45) is 5.92 Å². The normalized spacial score (nSPS) is 19.6. The molecule has 3 atom stereocenters. The number of rotatable bonds is 5. The summed E-state index contributed by atoms with van der Waals surface area (Å²) in [5.74, 6) is -0.354. The predicted molar refractivity (Wildman–Crippen MR) is 106 cm³/mol. The SMILES string of the molecule is CC(=O)C(C)NC(=O)C1CCC1c1nc2c(cnn2-c2cnccc2C)c(=O)[nH]1. The number of aromatic amines is 1. The molecule has 3 heterocycles. The maximum atomic E-state index is 12.6. The second-order valence-electron chi connectivity index (χ2n) is 7.54. The molecule has 9 heteroatoms. The van der Waals surface area contributed by atoms with E-state index in [1.807, 2.05) is 13.0 Å². The third-order valence-corrected chi connectivity index (χ3v) is 5.63. The molecular weight excluding hydrogens is 372 g/mol. The summed E-state index contributed by atoms with van der Waals surface area (Å²) in [6, 6.07) is 1.33. The fourth-order valence-corrected chi connectivity index (χ4v) is 3.53. The van der Waals surface area contributed by atoms with Gasteiger partial charge in [0.15, 0.2) is 11.4 Å². The number of pyridine rings is 1. The number of nitrogens with one attached hydrogen (secondary N) is 2. The lowest BCUT2D eigenvalue weighted by Gasteiger charge is -2.35. The highest BCUT2D eigenvalue weighted by atomic mass is 16.2. The van der Waals surface area contributed by atoms with Crippen molar-refractivity contribution in [2.75, 3.05) is 0 Å². The van der Waals surface area contributed by atoms with Gasteiger partial charge >= 0.3 is 0 Å². The molecule has 1 aliphatic rings. The Bertz CT molecular complexity index is 1160. The van der Waals surface area contributed by atoms with Gasteiger partial charge in [-0.25, -0.2) is 9.67 Å². The fraction of sp³-hybridized carbons (Fsp3) is 0.400. The Morgan fingerprint density at radius 1 is 1.31 bits per heavy atom. The second-order valence-corrected chi connectivity index (χ2v) is 7.54. The van der Waals surface area contributed by atoms with E-state index >= 15 is 0 Å². The van der Waals surface area contributed by atoms with Crippen LogP contribution in [0.25, 0.3) is 16.7 Å². The minimum atomic E-state index is -0.534. The number of carbonyl (C=O) groups is 2. The van der Waals surface area contributed by atoms with Gasteiger partial charge in [-0.3, -0.25) is 19.4 Å². The summed E-state index contributed by atoms with van der Waals surface area (Å²) in [6.07, 6.45) is 6.27. The number of aryl methyl sites for hydroxylation is 1. The van der Waals surface area contributed by atoms with Crippen LogP contribution in [0.2, 0.25) is 0 Å².